The van der Waals surface area contributed by atoms with E-state index in [4.69, 9.17) is 0 Å². The van der Waals surface area contributed by atoms with E-state index in [9.17, 15) is 26.7 Å². The van der Waals surface area contributed by atoms with Crippen molar-refractivity contribution in [2.75, 3.05) is 7.11 Å². The summed E-state index contributed by atoms with van der Waals surface area (Å²) in [7, 11) is 1.09. The molecule has 112 valence electrons. The minimum absolute atomic E-state index is 0.00102. The summed E-state index contributed by atoms with van der Waals surface area (Å²) in [6, 6.07) is 0.709. The number of esters is 1. The lowest BCUT2D eigenvalue weighted by atomic mass is 10.2. The molecule has 0 aliphatic rings. The van der Waals surface area contributed by atoms with E-state index in [1.165, 1.54) is 22.6 Å². The largest absolute Gasteiger partial charge is 0.573 e. The van der Waals surface area contributed by atoms with Crippen molar-refractivity contribution >= 4 is 28.6 Å². The summed E-state index contributed by atoms with van der Waals surface area (Å²) >= 11 is 1.53. The fraction of sp³-hybridized carbons (Fsp3) is 0.400. The van der Waals surface area contributed by atoms with Crippen LogP contribution < -0.4 is 4.74 Å². The number of nitrogens with zero attached hydrogens (tertiary/aromatic N) is 1. The smallest absolute Gasteiger partial charge is 0.469 e. The maximum atomic E-state index is 12.6. The Labute approximate surface area is 123 Å². The highest BCUT2D eigenvalue weighted by molar-refractivity contribution is 14.1. The lowest BCUT2D eigenvalue weighted by Gasteiger charge is -2.14. The van der Waals surface area contributed by atoms with E-state index < -0.39 is 36.6 Å². The van der Waals surface area contributed by atoms with Gasteiger partial charge in [0.25, 0.3) is 6.43 Å². The van der Waals surface area contributed by atoms with Crippen LogP contribution >= 0.6 is 22.6 Å². The highest BCUT2D eigenvalue weighted by atomic mass is 127. The molecule has 4 nitrogen and oxygen atoms in total. The molecule has 10 heteroatoms. The summed E-state index contributed by atoms with van der Waals surface area (Å²) < 4.78 is 69.6. The molecule has 1 rings (SSSR count). The van der Waals surface area contributed by atoms with Crippen LogP contribution in [0.4, 0.5) is 22.0 Å². The standard InChI is InChI=1S/C10H7F5INO3/c1-19-6(18)3-4-2-5(20-10(13,14)15)7(8(11)12)17-9(4)16/h2,8H,3H2,1H3. The van der Waals surface area contributed by atoms with Gasteiger partial charge in [0.05, 0.1) is 13.5 Å². The number of rotatable bonds is 4. The number of ether oxygens (including phenoxy) is 2. The first-order valence-corrected chi connectivity index (χ1v) is 6.02. The van der Waals surface area contributed by atoms with Crippen molar-refractivity contribution in [1.29, 1.82) is 0 Å². The Morgan fingerprint density at radius 3 is 2.50 bits per heavy atom. The van der Waals surface area contributed by atoms with Crippen LogP contribution in [0.3, 0.4) is 0 Å². The van der Waals surface area contributed by atoms with Gasteiger partial charge in [0.1, 0.15) is 9.39 Å². The van der Waals surface area contributed by atoms with Crippen molar-refractivity contribution in [3.63, 3.8) is 0 Å². The third-order valence-electron chi connectivity index (χ3n) is 2.04. The molecule has 1 heterocycles. The minimum atomic E-state index is -5.14. The van der Waals surface area contributed by atoms with Gasteiger partial charge in [0.15, 0.2) is 5.75 Å². The third-order valence-corrected chi connectivity index (χ3v) is 2.97. The summed E-state index contributed by atoms with van der Waals surface area (Å²) in [6.07, 6.45) is -8.78. The van der Waals surface area contributed by atoms with Crippen molar-refractivity contribution in [3.8, 4) is 5.75 Å². The lowest BCUT2D eigenvalue weighted by molar-refractivity contribution is -0.275. The average Bonchev–Trinajstić information content (AvgIpc) is 2.30. The van der Waals surface area contributed by atoms with E-state index >= 15 is 0 Å². The van der Waals surface area contributed by atoms with E-state index in [2.05, 4.69) is 14.5 Å². The molecule has 1 aromatic heterocycles. The first-order chi connectivity index (χ1) is 9.14. The molecule has 0 aliphatic heterocycles. The van der Waals surface area contributed by atoms with E-state index in [0.717, 1.165) is 7.11 Å². The zero-order chi connectivity index (χ0) is 15.5. The van der Waals surface area contributed by atoms with Crippen LogP contribution in [0, 0.1) is 3.70 Å². The molecule has 0 radical (unpaired) electrons. The van der Waals surface area contributed by atoms with Gasteiger partial charge in [-0.25, -0.2) is 13.8 Å². The average molecular weight is 411 g/mol. The summed E-state index contributed by atoms with van der Waals surface area (Å²) in [6.45, 7) is 0. The van der Waals surface area contributed by atoms with Crippen LogP contribution in [-0.4, -0.2) is 24.4 Å². The second-order valence-electron chi connectivity index (χ2n) is 3.42. The molecular weight excluding hydrogens is 404 g/mol. The molecule has 0 N–H and O–H groups in total. The van der Waals surface area contributed by atoms with E-state index in [0.29, 0.717) is 6.07 Å². The molecule has 0 aromatic carbocycles. The Morgan fingerprint density at radius 1 is 1.45 bits per heavy atom. The number of hydrogen-bond donors (Lipinski definition) is 0. The van der Waals surface area contributed by atoms with Gasteiger partial charge in [-0.3, -0.25) is 4.79 Å². The third kappa shape index (κ3) is 4.72. The highest BCUT2D eigenvalue weighted by Crippen LogP contribution is 2.33. The predicted molar refractivity (Wildman–Crippen MR) is 64.3 cm³/mol. The Hall–Kier alpha value is -1.20. The molecule has 0 spiro atoms. The van der Waals surface area contributed by atoms with Gasteiger partial charge in [-0.05, 0) is 34.2 Å². The number of halogens is 6. The summed E-state index contributed by atoms with van der Waals surface area (Å²) in [5.41, 5.74) is -1.14. The number of methoxy groups -OCH3 is 1. The van der Waals surface area contributed by atoms with Crippen LogP contribution in [0.2, 0.25) is 0 Å². The van der Waals surface area contributed by atoms with Gasteiger partial charge in [-0.15, -0.1) is 13.2 Å². The molecular formula is C10H7F5INO3. The molecule has 0 atom stereocenters. The summed E-state index contributed by atoms with van der Waals surface area (Å²) in [4.78, 5) is 14.4. The van der Waals surface area contributed by atoms with Gasteiger partial charge in [0.2, 0.25) is 0 Å². The number of alkyl halides is 5. The highest BCUT2D eigenvalue weighted by Gasteiger charge is 2.34. The lowest BCUT2D eigenvalue weighted by Crippen LogP contribution is -2.19. The number of pyridine rings is 1. The summed E-state index contributed by atoms with van der Waals surface area (Å²) in [5.74, 6) is -1.88. The maximum absolute atomic E-state index is 12.6. The molecule has 0 unspecified atom stereocenters. The zero-order valence-corrected chi connectivity index (χ0v) is 12.0. The molecule has 0 saturated carbocycles. The van der Waals surface area contributed by atoms with Crippen molar-refractivity contribution in [2.24, 2.45) is 0 Å². The molecule has 0 bridgehead atoms. The molecule has 1 aromatic rings. The van der Waals surface area contributed by atoms with Crippen molar-refractivity contribution in [1.82, 2.24) is 4.98 Å². The zero-order valence-electron chi connectivity index (χ0n) is 9.80. The van der Waals surface area contributed by atoms with Gasteiger partial charge in [0, 0.05) is 0 Å². The Morgan fingerprint density at radius 2 is 2.05 bits per heavy atom. The second-order valence-corrected chi connectivity index (χ2v) is 4.44. The van der Waals surface area contributed by atoms with Crippen molar-refractivity contribution in [2.45, 2.75) is 19.2 Å². The van der Waals surface area contributed by atoms with Gasteiger partial charge in [-0.1, -0.05) is 0 Å². The number of carbonyl (C=O) groups excluding carboxylic acids is 1. The van der Waals surface area contributed by atoms with E-state index in [1.807, 2.05) is 0 Å². The quantitative estimate of drug-likeness (QED) is 0.331. The van der Waals surface area contributed by atoms with Crippen LogP contribution in [0.5, 0.6) is 5.75 Å². The van der Waals surface area contributed by atoms with Gasteiger partial charge in [-0.2, -0.15) is 0 Å². The van der Waals surface area contributed by atoms with Crippen LogP contribution in [0.1, 0.15) is 17.7 Å². The minimum Gasteiger partial charge on any atom is -0.469 e. The monoisotopic (exact) mass is 411 g/mol. The molecule has 0 aliphatic carbocycles. The second kappa shape index (κ2) is 6.50. The molecule has 0 fully saturated rings. The number of aromatic nitrogens is 1. The topological polar surface area (TPSA) is 48.4 Å². The fourth-order valence-corrected chi connectivity index (χ4v) is 1.85. The van der Waals surface area contributed by atoms with E-state index in [-0.39, 0.29) is 9.26 Å². The first-order valence-electron chi connectivity index (χ1n) is 4.94. The first kappa shape index (κ1) is 16.9. The molecule has 20 heavy (non-hydrogen) atoms. The van der Waals surface area contributed by atoms with Gasteiger partial charge >= 0.3 is 12.3 Å². The summed E-state index contributed by atoms with van der Waals surface area (Å²) in [5, 5.41) is 0. The number of carbonyl (C=O) groups is 1. The normalized spacial score (nSPS) is 11.6. The van der Waals surface area contributed by atoms with Crippen molar-refractivity contribution in [3.05, 3.63) is 21.0 Å². The Balaban J connectivity index is 3.23. The Bertz CT molecular complexity index is 506. The predicted octanol–water partition coefficient (Wildman–Crippen LogP) is 3.24. The maximum Gasteiger partial charge on any atom is 0.573 e. The number of hydrogen-bond acceptors (Lipinski definition) is 4. The van der Waals surface area contributed by atoms with Crippen LogP contribution in [-0.2, 0) is 16.0 Å². The van der Waals surface area contributed by atoms with E-state index in [1.54, 1.807) is 0 Å². The fourth-order valence-electron chi connectivity index (χ4n) is 1.24. The molecule has 0 amide bonds. The van der Waals surface area contributed by atoms with Crippen molar-refractivity contribution < 1.29 is 36.2 Å². The Kier molecular flexibility index (Phi) is 5.48. The SMILES string of the molecule is COC(=O)Cc1cc(OC(F)(F)F)c(C(F)F)nc1I. The molecule has 0 saturated heterocycles. The van der Waals surface area contributed by atoms with Gasteiger partial charge < -0.3 is 9.47 Å². The van der Waals surface area contributed by atoms with Crippen LogP contribution in [0.25, 0.3) is 0 Å². The van der Waals surface area contributed by atoms with Crippen LogP contribution in [0.15, 0.2) is 6.07 Å².